The van der Waals surface area contributed by atoms with E-state index in [1.54, 1.807) is 0 Å². The zero-order chi connectivity index (χ0) is 10.5. The van der Waals surface area contributed by atoms with Gasteiger partial charge in [0.2, 0.25) is 0 Å². The Kier molecular flexibility index (Phi) is 5.16. The van der Waals surface area contributed by atoms with Crippen LogP contribution in [-0.4, -0.2) is 8.32 Å². The summed E-state index contributed by atoms with van der Waals surface area (Å²) in [5, 5.41) is 0. The summed E-state index contributed by atoms with van der Waals surface area (Å²) in [7, 11) is -1.44. The monoisotopic (exact) mass is 198 g/mol. The normalized spacial score (nSPS) is 13.5. The number of hydrogen-bond donors (Lipinski definition) is 0. The maximum atomic E-state index is 5.46. The second-order valence-corrected chi connectivity index (χ2v) is 9.42. The van der Waals surface area contributed by atoms with Crippen LogP contribution in [0.3, 0.4) is 0 Å². The van der Waals surface area contributed by atoms with Gasteiger partial charge in [-0.2, -0.15) is 0 Å². The molecule has 0 aliphatic rings. The fourth-order valence-electron chi connectivity index (χ4n) is 1.05. The standard InChI is InChI=1S/C11H22OSi/c1-10(2)9-11(3)7-8-12-13(4,5)6/h10-11H,9H2,1-6H3. The molecule has 0 aliphatic carbocycles. The number of rotatable bonds is 3. The summed E-state index contributed by atoms with van der Waals surface area (Å²) in [4.78, 5) is 0. The van der Waals surface area contributed by atoms with Crippen LogP contribution in [0.25, 0.3) is 0 Å². The van der Waals surface area contributed by atoms with Crippen LogP contribution in [-0.2, 0) is 4.43 Å². The fraction of sp³-hybridized carbons (Fsp3) is 0.818. The highest BCUT2D eigenvalue weighted by atomic mass is 28.4. The fourth-order valence-corrected chi connectivity index (χ4v) is 1.41. The van der Waals surface area contributed by atoms with E-state index in [9.17, 15) is 0 Å². The third-order valence-corrected chi connectivity index (χ3v) is 2.20. The Morgan fingerprint density at radius 2 is 1.69 bits per heavy atom. The maximum absolute atomic E-state index is 5.46. The molecule has 0 aromatic carbocycles. The lowest BCUT2D eigenvalue weighted by Crippen LogP contribution is -2.22. The topological polar surface area (TPSA) is 9.23 Å². The van der Waals surface area contributed by atoms with Gasteiger partial charge >= 0.3 is 0 Å². The van der Waals surface area contributed by atoms with Crippen LogP contribution in [0.2, 0.25) is 19.6 Å². The van der Waals surface area contributed by atoms with E-state index in [1.165, 1.54) is 0 Å². The molecule has 0 amide bonds. The quantitative estimate of drug-likeness (QED) is 0.498. The second kappa shape index (κ2) is 5.34. The average Bonchev–Trinajstić information content (AvgIpc) is 1.81. The van der Waals surface area contributed by atoms with Gasteiger partial charge in [-0.1, -0.05) is 26.7 Å². The van der Waals surface area contributed by atoms with Crippen molar-refractivity contribution >= 4 is 8.32 Å². The molecule has 13 heavy (non-hydrogen) atoms. The van der Waals surface area contributed by atoms with Gasteiger partial charge in [0.25, 0.3) is 8.32 Å². The van der Waals surface area contributed by atoms with Crippen LogP contribution >= 0.6 is 0 Å². The molecule has 0 rings (SSSR count). The van der Waals surface area contributed by atoms with Crippen LogP contribution in [0.15, 0.2) is 0 Å². The van der Waals surface area contributed by atoms with Crippen molar-refractivity contribution in [2.45, 2.75) is 46.8 Å². The Labute approximate surface area is 84.0 Å². The summed E-state index contributed by atoms with van der Waals surface area (Å²) in [6.45, 7) is 13.0. The first-order valence-corrected chi connectivity index (χ1v) is 8.40. The third-order valence-electron chi connectivity index (χ3n) is 1.49. The lowest BCUT2D eigenvalue weighted by molar-refractivity contribution is 0.495. The minimum atomic E-state index is -1.44. The van der Waals surface area contributed by atoms with Crippen molar-refractivity contribution in [3.8, 4) is 12.0 Å². The van der Waals surface area contributed by atoms with E-state index in [-0.39, 0.29) is 0 Å². The van der Waals surface area contributed by atoms with Crippen molar-refractivity contribution in [3.05, 3.63) is 0 Å². The lowest BCUT2D eigenvalue weighted by atomic mass is 10.00. The summed E-state index contributed by atoms with van der Waals surface area (Å²) < 4.78 is 5.46. The Balaban J connectivity index is 3.83. The molecule has 0 N–H and O–H groups in total. The van der Waals surface area contributed by atoms with E-state index in [2.05, 4.69) is 52.4 Å². The van der Waals surface area contributed by atoms with Crippen LogP contribution in [0, 0.1) is 23.9 Å². The molecule has 0 heterocycles. The summed E-state index contributed by atoms with van der Waals surface area (Å²) in [6, 6.07) is 0. The van der Waals surface area contributed by atoms with Crippen LogP contribution in [0.4, 0.5) is 0 Å². The first-order chi connectivity index (χ1) is 5.81. The highest BCUT2D eigenvalue weighted by Crippen LogP contribution is 2.09. The highest BCUT2D eigenvalue weighted by molar-refractivity contribution is 6.70. The Bertz CT molecular complexity index is 192. The molecule has 0 bridgehead atoms. The zero-order valence-corrected chi connectivity index (χ0v) is 10.8. The first kappa shape index (κ1) is 12.6. The summed E-state index contributed by atoms with van der Waals surface area (Å²) in [5.74, 6) is 4.31. The van der Waals surface area contributed by atoms with E-state index in [1.807, 2.05) is 0 Å². The second-order valence-electron chi connectivity index (χ2n) is 4.99. The molecule has 0 spiro atoms. The van der Waals surface area contributed by atoms with Gasteiger partial charge in [-0.3, -0.25) is 0 Å². The molecule has 2 heteroatoms. The Morgan fingerprint density at radius 3 is 2.08 bits per heavy atom. The zero-order valence-electron chi connectivity index (χ0n) is 9.77. The van der Waals surface area contributed by atoms with Crippen LogP contribution < -0.4 is 0 Å². The van der Waals surface area contributed by atoms with Crippen LogP contribution in [0.5, 0.6) is 0 Å². The minimum absolute atomic E-state index is 0.455. The van der Waals surface area contributed by atoms with Crippen LogP contribution in [0.1, 0.15) is 27.2 Å². The molecule has 1 nitrogen and oxygen atoms in total. The lowest BCUT2D eigenvalue weighted by Gasteiger charge is -2.12. The first-order valence-electron chi connectivity index (χ1n) is 5.00. The molecule has 76 valence electrons. The van der Waals surface area contributed by atoms with Crippen molar-refractivity contribution in [1.29, 1.82) is 0 Å². The maximum Gasteiger partial charge on any atom is 0.255 e. The molecule has 0 saturated carbocycles. The predicted molar refractivity (Wildman–Crippen MR) is 60.8 cm³/mol. The highest BCUT2D eigenvalue weighted by Gasteiger charge is 2.13. The van der Waals surface area contributed by atoms with E-state index in [0.717, 1.165) is 12.3 Å². The van der Waals surface area contributed by atoms with E-state index in [0.29, 0.717) is 5.92 Å². The largest absolute Gasteiger partial charge is 0.501 e. The summed E-state index contributed by atoms with van der Waals surface area (Å²) in [5.41, 5.74) is 0. The van der Waals surface area contributed by atoms with Gasteiger partial charge in [0.05, 0.1) is 6.11 Å². The van der Waals surface area contributed by atoms with Crippen molar-refractivity contribution in [1.82, 2.24) is 0 Å². The smallest absolute Gasteiger partial charge is 0.255 e. The van der Waals surface area contributed by atoms with Gasteiger partial charge in [0.15, 0.2) is 0 Å². The van der Waals surface area contributed by atoms with Gasteiger partial charge in [0, 0.05) is 5.92 Å². The average molecular weight is 198 g/mol. The SMILES string of the molecule is CC(C)CC(C)C#CO[Si](C)(C)C. The molecule has 0 aliphatic heterocycles. The predicted octanol–water partition coefficient (Wildman–Crippen LogP) is 3.48. The molecule has 0 radical (unpaired) electrons. The van der Waals surface area contributed by atoms with E-state index < -0.39 is 8.32 Å². The molecular formula is C11H22OSi. The van der Waals surface area contributed by atoms with Gasteiger partial charge < -0.3 is 4.43 Å². The molecule has 0 aromatic rings. The number of hydrogen-bond acceptors (Lipinski definition) is 1. The van der Waals surface area contributed by atoms with E-state index in [4.69, 9.17) is 4.43 Å². The molecule has 1 unspecified atom stereocenters. The third kappa shape index (κ3) is 9.49. The van der Waals surface area contributed by atoms with Gasteiger partial charge in [-0.05, 0) is 32.0 Å². The molecule has 0 aromatic heterocycles. The molecule has 1 atom stereocenters. The minimum Gasteiger partial charge on any atom is -0.501 e. The molecular weight excluding hydrogens is 176 g/mol. The van der Waals surface area contributed by atoms with Crippen molar-refractivity contribution in [2.24, 2.45) is 11.8 Å². The van der Waals surface area contributed by atoms with Crippen molar-refractivity contribution in [3.63, 3.8) is 0 Å². The van der Waals surface area contributed by atoms with Crippen molar-refractivity contribution in [2.75, 3.05) is 0 Å². The Morgan fingerprint density at radius 1 is 1.15 bits per heavy atom. The van der Waals surface area contributed by atoms with E-state index >= 15 is 0 Å². The van der Waals surface area contributed by atoms with Gasteiger partial charge in [0.1, 0.15) is 0 Å². The Hall–Kier alpha value is -0.423. The van der Waals surface area contributed by atoms with Gasteiger partial charge in [-0.15, -0.1) is 0 Å². The van der Waals surface area contributed by atoms with Crippen molar-refractivity contribution < 1.29 is 4.43 Å². The molecule has 0 saturated heterocycles. The van der Waals surface area contributed by atoms with Gasteiger partial charge in [-0.25, -0.2) is 0 Å². The molecule has 0 fully saturated rings. The summed E-state index contributed by atoms with van der Waals surface area (Å²) in [6.07, 6.45) is 4.00. The summed E-state index contributed by atoms with van der Waals surface area (Å²) >= 11 is 0.